The molecule has 150 valence electrons. The fraction of sp³-hybridized carbons (Fsp3) is 0.478. The van der Waals surface area contributed by atoms with E-state index in [1.165, 1.54) is 45.7 Å². The number of halogens is 1. The highest BCUT2D eigenvalue weighted by Crippen LogP contribution is 2.36. The lowest BCUT2D eigenvalue weighted by Gasteiger charge is -2.20. The number of benzene rings is 1. The maximum Gasteiger partial charge on any atom is 0.165 e. The van der Waals surface area contributed by atoms with Gasteiger partial charge in [-0.2, -0.15) is 9.61 Å². The van der Waals surface area contributed by atoms with E-state index in [0.717, 1.165) is 37.0 Å². The molecule has 1 aromatic carbocycles. The maximum absolute atomic E-state index is 5.10. The van der Waals surface area contributed by atoms with Crippen molar-refractivity contribution in [3.63, 3.8) is 0 Å². The van der Waals surface area contributed by atoms with Gasteiger partial charge in [-0.05, 0) is 64.0 Å². The van der Waals surface area contributed by atoms with Gasteiger partial charge in [-0.3, -0.25) is 0 Å². The van der Waals surface area contributed by atoms with Gasteiger partial charge < -0.3 is 5.32 Å². The van der Waals surface area contributed by atoms with Crippen LogP contribution in [0.1, 0.15) is 61.2 Å². The Morgan fingerprint density at radius 1 is 1.11 bits per heavy atom. The third-order valence-corrected chi connectivity index (χ3v) is 5.95. The van der Waals surface area contributed by atoms with Crippen molar-refractivity contribution in [2.24, 2.45) is 0 Å². The van der Waals surface area contributed by atoms with E-state index in [-0.39, 0.29) is 12.4 Å². The van der Waals surface area contributed by atoms with Crippen LogP contribution in [0.4, 0.5) is 5.82 Å². The topological polar surface area (TPSA) is 42.2 Å². The molecule has 2 heterocycles. The fourth-order valence-electron chi connectivity index (χ4n) is 4.29. The molecule has 1 N–H and O–H groups in total. The molecule has 1 aliphatic carbocycles. The molecule has 5 heteroatoms. The van der Waals surface area contributed by atoms with Gasteiger partial charge in [0.25, 0.3) is 0 Å². The number of nitrogens with one attached hydrogen (secondary N) is 1. The molecule has 0 aliphatic heterocycles. The highest BCUT2D eigenvalue weighted by Gasteiger charge is 2.25. The molecule has 0 spiro atoms. The Morgan fingerprint density at radius 3 is 2.57 bits per heavy atom. The number of aromatic nitrogens is 3. The quantitative estimate of drug-likeness (QED) is 0.587. The van der Waals surface area contributed by atoms with Gasteiger partial charge in [0.1, 0.15) is 5.82 Å². The van der Waals surface area contributed by atoms with Crippen molar-refractivity contribution < 1.29 is 0 Å². The number of rotatable bonds is 5. The first-order valence-corrected chi connectivity index (χ1v) is 10.3. The van der Waals surface area contributed by atoms with E-state index in [4.69, 9.17) is 10.1 Å². The van der Waals surface area contributed by atoms with Crippen LogP contribution < -0.4 is 5.32 Å². The largest absolute Gasteiger partial charge is 0.367 e. The summed E-state index contributed by atoms with van der Waals surface area (Å²) in [5.74, 6) is 1.17. The van der Waals surface area contributed by atoms with Gasteiger partial charge in [0.2, 0.25) is 0 Å². The molecule has 0 saturated heterocycles. The minimum atomic E-state index is 0. The van der Waals surface area contributed by atoms with E-state index in [9.17, 15) is 0 Å². The number of hydrogen-bond acceptors (Lipinski definition) is 3. The molecule has 4 nitrogen and oxygen atoms in total. The molecule has 1 aliphatic rings. The third-order valence-electron chi connectivity index (χ3n) is 5.95. The van der Waals surface area contributed by atoms with E-state index in [2.05, 4.69) is 62.6 Å². The predicted molar refractivity (Wildman–Crippen MR) is 120 cm³/mol. The minimum absolute atomic E-state index is 0. The SMILES string of the molecule is CCC(CC)Nc1c2c(nc3c(-c4cc(C)ccc4C)c(C)nn13)CCC2.Cl. The average molecular weight is 399 g/mol. The number of fused-ring (bicyclic) bond motifs is 2. The second-order valence-corrected chi connectivity index (χ2v) is 7.91. The Labute approximate surface area is 174 Å². The van der Waals surface area contributed by atoms with Crippen LogP contribution in [0.5, 0.6) is 0 Å². The molecule has 0 amide bonds. The average Bonchev–Trinajstić information content (AvgIpc) is 3.24. The summed E-state index contributed by atoms with van der Waals surface area (Å²) in [6.45, 7) is 10.9. The van der Waals surface area contributed by atoms with Crippen LogP contribution in [0.2, 0.25) is 0 Å². The van der Waals surface area contributed by atoms with Gasteiger partial charge in [0.15, 0.2) is 5.65 Å². The van der Waals surface area contributed by atoms with E-state index >= 15 is 0 Å². The molecule has 0 radical (unpaired) electrons. The maximum atomic E-state index is 5.10. The number of hydrogen-bond donors (Lipinski definition) is 1. The van der Waals surface area contributed by atoms with Crippen LogP contribution in [0, 0.1) is 20.8 Å². The second kappa shape index (κ2) is 8.12. The normalized spacial score (nSPS) is 13.1. The summed E-state index contributed by atoms with van der Waals surface area (Å²) in [5, 5.41) is 8.75. The molecular formula is C23H31ClN4. The van der Waals surface area contributed by atoms with Crippen molar-refractivity contribution in [2.45, 2.75) is 72.8 Å². The summed E-state index contributed by atoms with van der Waals surface area (Å²) in [6, 6.07) is 7.10. The third kappa shape index (κ3) is 3.39. The van der Waals surface area contributed by atoms with Crippen LogP contribution in [-0.4, -0.2) is 20.6 Å². The fourth-order valence-corrected chi connectivity index (χ4v) is 4.29. The molecule has 0 bridgehead atoms. The molecule has 3 aromatic rings. The van der Waals surface area contributed by atoms with Crippen LogP contribution in [0.3, 0.4) is 0 Å². The van der Waals surface area contributed by atoms with Crippen molar-refractivity contribution in [3.8, 4) is 11.1 Å². The molecule has 0 atom stereocenters. The van der Waals surface area contributed by atoms with Crippen molar-refractivity contribution in [2.75, 3.05) is 5.32 Å². The molecule has 0 fully saturated rings. The zero-order valence-corrected chi connectivity index (χ0v) is 18.4. The van der Waals surface area contributed by atoms with Crippen molar-refractivity contribution in [1.82, 2.24) is 14.6 Å². The monoisotopic (exact) mass is 398 g/mol. The molecule has 28 heavy (non-hydrogen) atoms. The summed E-state index contributed by atoms with van der Waals surface area (Å²) in [4.78, 5) is 5.10. The van der Waals surface area contributed by atoms with Crippen LogP contribution in [0.15, 0.2) is 18.2 Å². The van der Waals surface area contributed by atoms with Crippen molar-refractivity contribution in [1.29, 1.82) is 0 Å². The zero-order chi connectivity index (χ0) is 19.1. The molecular weight excluding hydrogens is 368 g/mol. The molecule has 0 saturated carbocycles. The smallest absolute Gasteiger partial charge is 0.165 e. The Balaban J connectivity index is 0.00000225. The Bertz CT molecular complexity index is 1000. The van der Waals surface area contributed by atoms with Crippen molar-refractivity contribution in [3.05, 3.63) is 46.3 Å². The Kier molecular flexibility index (Phi) is 5.99. The molecule has 4 rings (SSSR count). The van der Waals surface area contributed by atoms with E-state index < -0.39 is 0 Å². The molecule has 0 unspecified atom stereocenters. The van der Waals surface area contributed by atoms with E-state index in [1.54, 1.807) is 0 Å². The second-order valence-electron chi connectivity index (χ2n) is 7.91. The van der Waals surface area contributed by atoms with Crippen LogP contribution >= 0.6 is 12.4 Å². The Morgan fingerprint density at radius 2 is 1.86 bits per heavy atom. The lowest BCUT2D eigenvalue weighted by atomic mass is 9.98. The van der Waals surface area contributed by atoms with Gasteiger partial charge in [-0.1, -0.05) is 37.6 Å². The minimum Gasteiger partial charge on any atom is -0.367 e. The summed E-state index contributed by atoms with van der Waals surface area (Å²) in [7, 11) is 0. The number of anilines is 1. The van der Waals surface area contributed by atoms with E-state index in [1.807, 2.05) is 0 Å². The first kappa shape index (κ1) is 20.7. The lowest BCUT2D eigenvalue weighted by molar-refractivity contribution is 0.661. The zero-order valence-electron chi connectivity index (χ0n) is 17.6. The summed E-state index contributed by atoms with van der Waals surface area (Å²) in [6.07, 6.45) is 5.57. The summed E-state index contributed by atoms with van der Waals surface area (Å²) >= 11 is 0. The first-order valence-electron chi connectivity index (χ1n) is 10.3. The first-order chi connectivity index (χ1) is 13.0. The highest BCUT2D eigenvalue weighted by atomic mass is 35.5. The van der Waals surface area contributed by atoms with Gasteiger partial charge in [-0.15, -0.1) is 12.4 Å². The van der Waals surface area contributed by atoms with Crippen LogP contribution in [-0.2, 0) is 12.8 Å². The van der Waals surface area contributed by atoms with E-state index in [0.29, 0.717) is 6.04 Å². The van der Waals surface area contributed by atoms with Gasteiger partial charge >= 0.3 is 0 Å². The molecule has 2 aromatic heterocycles. The number of nitrogens with zero attached hydrogens (tertiary/aromatic N) is 3. The van der Waals surface area contributed by atoms with Gasteiger partial charge in [0, 0.05) is 22.9 Å². The standard InChI is InChI=1S/C23H30N4.ClH/c1-6-17(7-2)24-22-18-9-8-10-20(18)25-23-21(16(5)26-27(22)23)19-13-14(3)11-12-15(19)4;/h11-13,17,24H,6-10H2,1-5H3;1H. The Hall–Kier alpha value is -2.07. The summed E-state index contributed by atoms with van der Waals surface area (Å²) < 4.78 is 2.08. The predicted octanol–water partition coefficient (Wildman–Crippen LogP) is 5.83. The van der Waals surface area contributed by atoms with Crippen LogP contribution in [0.25, 0.3) is 16.8 Å². The highest BCUT2D eigenvalue weighted by molar-refractivity contribution is 5.85. The van der Waals surface area contributed by atoms with Gasteiger partial charge in [-0.25, -0.2) is 4.98 Å². The van der Waals surface area contributed by atoms with Gasteiger partial charge in [0.05, 0.1) is 5.69 Å². The number of aryl methyl sites for hydroxylation is 4. The van der Waals surface area contributed by atoms with Crippen molar-refractivity contribution >= 4 is 23.9 Å². The lowest BCUT2D eigenvalue weighted by Crippen LogP contribution is -2.21. The summed E-state index contributed by atoms with van der Waals surface area (Å²) in [5.41, 5.74) is 9.64.